The van der Waals surface area contributed by atoms with Crippen LogP contribution in [0.2, 0.25) is 0 Å². The molecule has 4 heteroatoms. The van der Waals surface area contributed by atoms with Gasteiger partial charge in [0.05, 0.1) is 6.07 Å². The van der Waals surface area contributed by atoms with Crippen LogP contribution in [0, 0.1) is 11.3 Å². The maximum atomic E-state index is 9.19. The molecule has 1 N–H and O–H groups in total. The number of hydrogen-bond donors (Lipinski definition) is 1. The average molecular weight is 234 g/mol. The van der Waals surface area contributed by atoms with E-state index in [2.05, 4.69) is 34.8 Å². The molecule has 17 heavy (non-hydrogen) atoms. The number of imidazole rings is 1. The van der Waals surface area contributed by atoms with Gasteiger partial charge >= 0.3 is 0 Å². The van der Waals surface area contributed by atoms with Crippen LogP contribution in [0.3, 0.4) is 0 Å². The Bertz CT molecular complexity index is 388. The van der Waals surface area contributed by atoms with Gasteiger partial charge in [-0.1, -0.05) is 20.8 Å². The summed E-state index contributed by atoms with van der Waals surface area (Å²) in [6.07, 6.45) is 4.60. The average Bonchev–Trinajstić information content (AvgIpc) is 2.75. The van der Waals surface area contributed by atoms with E-state index in [4.69, 9.17) is 0 Å². The van der Waals surface area contributed by atoms with Crippen molar-refractivity contribution in [3.05, 3.63) is 18.2 Å². The van der Waals surface area contributed by atoms with Gasteiger partial charge in [0.15, 0.2) is 0 Å². The van der Waals surface area contributed by atoms with Crippen LogP contribution in [0.25, 0.3) is 0 Å². The van der Waals surface area contributed by atoms with Crippen LogP contribution in [0.5, 0.6) is 0 Å². The Morgan fingerprint density at radius 2 is 2.29 bits per heavy atom. The highest BCUT2D eigenvalue weighted by Gasteiger charge is 2.22. The smallest absolute Gasteiger partial charge is 0.111 e. The SMILES string of the molecule is CCNC(C)(C#N)CCn1ccnc1C(C)C. The van der Waals surface area contributed by atoms with E-state index < -0.39 is 5.54 Å². The van der Waals surface area contributed by atoms with Crippen molar-refractivity contribution in [2.45, 2.75) is 52.1 Å². The number of nitrogens with one attached hydrogen (secondary N) is 1. The molecule has 0 saturated carbocycles. The van der Waals surface area contributed by atoms with Crippen LogP contribution in [0.1, 0.15) is 45.9 Å². The predicted molar refractivity (Wildman–Crippen MR) is 68.6 cm³/mol. The van der Waals surface area contributed by atoms with Crippen molar-refractivity contribution in [3.63, 3.8) is 0 Å². The lowest BCUT2D eigenvalue weighted by molar-refractivity contribution is 0.396. The van der Waals surface area contributed by atoms with Crippen molar-refractivity contribution < 1.29 is 0 Å². The van der Waals surface area contributed by atoms with Crippen molar-refractivity contribution in [1.29, 1.82) is 5.26 Å². The molecule has 0 bridgehead atoms. The molecule has 0 aliphatic rings. The fraction of sp³-hybridized carbons (Fsp3) is 0.692. The molecule has 0 aromatic carbocycles. The molecule has 1 atom stereocenters. The van der Waals surface area contributed by atoms with Gasteiger partial charge in [-0.15, -0.1) is 0 Å². The third-order valence-corrected chi connectivity index (χ3v) is 2.93. The first-order valence-electron chi connectivity index (χ1n) is 6.19. The molecule has 1 aromatic rings. The lowest BCUT2D eigenvalue weighted by Crippen LogP contribution is -2.41. The van der Waals surface area contributed by atoms with Crippen molar-refractivity contribution in [2.75, 3.05) is 6.54 Å². The minimum Gasteiger partial charge on any atom is -0.335 e. The Balaban J connectivity index is 2.67. The standard InChI is InChI=1S/C13H22N4/c1-5-16-13(4,10-14)6-8-17-9-7-15-12(17)11(2)3/h7,9,11,16H,5-6,8H2,1-4H3. The summed E-state index contributed by atoms with van der Waals surface area (Å²) >= 11 is 0. The number of nitrogens with zero attached hydrogens (tertiary/aromatic N) is 3. The van der Waals surface area contributed by atoms with Gasteiger partial charge < -0.3 is 4.57 Å². The van der Waals surface area contributed by atoms with Gasteiger partial charge in [-0.05, 0) is 19.9 Å². The third kappa shape index (κ3) is 3.57. The van der Waals surface area contributed by atoms with Crippen LogP contribution in [0.15, 0.2) is 12.4 Å². The van der Waals surface area contributed by atoms with Crippen LogP contribution >= 0.6 is 0 Å². The number of aromatic nitrogens is 2. The summed E-state index contributed by atoms with van der Waals surface area (Å²) in [6.45, 7) is 9.86. The minimum atomic E-state index is -0.451. The molecule has 0 amide bonds. The van der Waals surface area contributed by atoms with Gasteiger partial charge in [0.25, 0.3) is 0 Å². The Hall–Kier alpha value is -1.34. The zero-order valence-corrected chi connectivity index (χ0v) is 11.2. The Kier molecular flexibility index (Phi) is 4.71. The molecular formula is C13H22N4. The van der Waals surface area contributed by atoms with Crippen molar-refractivity contribution in [3.8, 4) is 6.07 Å². The van der Waals surface area contributed by atoms with Crippen molar-refractivity contribution in [1.82, 2.24) is 14.9 Å². The second-order valence-electron chi connectivity index (χ2n) is 4.86. The highest BCUT2D eigenvalue weighted by molar-refractivity contribution is 5.05. The van der Waals surface area contributed by atoms with E-state index in [1.165, 1.54) is 0 Å². The van der Waals surface area contributed by atoms with Crippen molar-refractivity contribution >= 4 is 0 Å². The van der Waals surface area contributed by atoms with E-state index >= 15 is 0 Å². The lowest BCUT2D eigenvalue weighted by Gasteiger charge is -2.23. The summed E-state index contributed by atoms with van der Waals surface area (Å²) in [7, 11) is 0. The number of rotatable bonds is 6. The fourth-order valence-electron chi connectivity index (χ4n) is 1.93. The molecule has 0 radical (unpaired) electrons. The lowest BCUT2D eigenvalue weighted by atomic mass is 10.00. The number of hydrogen-bond acceptors (Lipinski definition) is 3. The third-order valence-electron chi connectivity index (χ3n) is 2.93. The van der Waals surface area contributed by atoms with E-state index in [0.717, 1.165) is 25.3 Å². The van der Waals surface area contributed by atoms with Gasteiger partial charge in [-0.2, -0.15) is 5.26 Å². The first kappa shape index (κ1) is 13.7. The summed E-state index contributed by atoms with van der Waals surface area (Å²) in [5, 5.41) is 12.4. The molecule has 4 nitrogen and oxygen atoms in total. The molecule has 0 aliphatic heterocycles. The highest BCUT2D eigenvalue weighted by atomic mass is 15.1. The maximum Gasteiger partial charge on any atom is 0.111 e. The van der Waals surface area contributed by atoms with Crippen LogP contribution in [-0.2, 0) is 6.54 Å². The molecule has 1 aromatic heterocycles. The Morgan fingerprint density at radius 3 is 2.82 bits per heavy atom. The second kappa shape index (κ2) is 5.83. The Morgan fingerprint density at radius 1 is 1.59 bits per heavy atom. The summed E-state index contributed by atoms with van der Waals surface area (Å²) in [5.74, 6) is 1.50. The molecule has 1 rings (SSSR count). The highest BCUT2D eigenvalue weighted by Crippen LogP contribution is 2.15. The summed E-state index contributed by atoms with van der Waals surface area (Å²) in [6, 6.07) is 2.35. The summed E-state index contributed by atoms with van der Waals surface area (Å²) < 4.78 is 2.14. The van der Waals surface area contributed by atoms with Crippen LogP contribution < -0.4 is 5.32 Å². The zero-order valence-electron chi connectivity index (χ0n) is 11.2. The molecule has 94 valence electrons. The fourth-order valence-corrected chi connectivity index (χ4v) is 1.93. The molecular weight excluding hydrogens is 212 g/mol. The van der Waals surface area contributed by atoms with Crippen LogP contribution in [0.4, 0.5) is 0 Å². The quantitative estimate of drug-likeness (QED) is 0.821. The molecule has 0 spiro atoms. The molecule has 1 heterocycles. The topological polar surface area (TPSA) is 53.6 Å². The first-order valence-corrected chi connectivity index (χ1v) is 6.19. The normalized spacial score (nSPS) is 14.6. The molecule has 0 aliphatic carbocycles. The van der Waals surface area contributed by atoms with Crippen LogP contribution in [-0.4, -0.2) is 21.6 Å². The summed E-state index contributed by atoms with van der Waals surface area (Å²) in [5.41, 5.74) is -0.451. The largest absolute Gasteiger partial charge is 0.335 e. The summed E-state index contributed by atoms with van der Waals surface area (Å²) in [4.78, 5) is 4.35. The number of nitriles is 1. The van der Waals surface area contributed by atoms with E-state index in [-0.39, 0.29) is 0 Å². The van der Waals surface area contributed by atoms with Gasteiger partial charge in [0, 0.05) is 24.9 Å². The molecule has 0 fully saturated rings. The van der Waals surface area contributed by atoms with Gasteiger partial charge in [0.1, 0.15) is 11.4 Å². The first-order chi connectivity index (χ1) is 8.02. The van der Waals surface area contributed by atoms with Gasteiger partial charge in [0.2, 0.25) is 0 Å². The van der Waals surface area contributed by atoms with Gasteiger partial charge in [-0.3, -0.25) is 5.32 Å². The number of aryl methyl sites for hydroxylation is 1. The van der Waals surface area contributed by atoms with E-state index in [1.54, 1.807) is 0 Å². The predicted octanol–water partition coefficient (Wildman–Crippen LogP) is 2.29. The second-order valence-corrected chi connectivity index (χ2v) is 4.86. The van der Waals surface area contributed by atoms with E-state index in [9.17, 15) is 5.26 Å². The minimum absolute atomic E-state index is 0.414. The van der Waals surface area contributed by atoms with E-state index in [1.807, 2.05) is 26.2 Å². The molecule has 0 saturated heterocycles. The monoisotopic (exact) mass is 234 g/mol. The maximum absolute atomic E-state index is 9.19. The van der Waals surface area contributed by atoms with Crippen molar-refractivity contribution in [2.24, 2.45) is 0 Å². The zero-order chi connectivity index (χ0) is 12.9. The van der Waals surface area contributed by atoms with Gasteiger partial charge in [-0.25, -0.2) is 4.98 Å². The Labute approximate surface area is 104 Å². The molecule has 1 unspecified atom stereocenters. The van der Waals surface area contributed by atoms with E-state index in [0.29, 0.717) is 5.92 Å².